The predicted molar refractivity (Wildman–Crippen MR) is 148 cm³/mol. The van der Waals surface area contributed by atoms with Gasteiger partial charge in [0.05, 0.1) is 37.9 Å². The summed E-state index contributed by atoms with van der Waals surface area (Å²) in [5.41, 5.74) is 4.15. The Morgan fingerprint density at radius 2 is 1.79 bits per heavy atom. The van der Waals surface area contributed by atoms with Gasteiger partial charge in [-0.1, -0.05) is 25.5 Å². The quantitative estimate of drug-likeness (QED) is 0.298. The van der Waals surface area contributed by atoms with Crippen molar-refractivity contribution in [1.29, 1.82) is 0 Å². The van der Waals surface area contributed by atoms with E-state index in [9.17, 15) is 14.4 Å². The van der Waals surface area contributed by atoms with Gasteiger partial charge in [0.1, 0.15) is 5.75 Å². The van der Waals surface area contributed by atoms with Crippen molar-refractivity contribution >= 4 is 28.9 Å². The molecule has 1 saturated heterocycles. The second-order valence-electron chi connectivity index (χ2n) is 9.86. The summed E-state index contributed by atoms with van der Waals surface area (Å²) in [5.74, 6) is 0.377. The molecule has 1 atom stereocenters. The third kappa shape index (κ3) is 5.93. The highest BCUT2D eigenvalue weighted by molar-refractivity contribution is 5.95. The number of rotatable bonds is 8. The molecule has 9 nitrogen and oxygen atoms in total. The first kappa shape index (κ1) is 28.2. The second-order valence-corrected chi connectivity index (χ2v) is 9.86. The molecule has 4 rings (SSSR count). The number of hydrogen-bond donors (Lipinski definition) is 0. The topological polar surface area (TPSA) is 90.3 Å². The number of unbranched alkanes of at least 4 members (excludes halogenated alkanes) is 1. The van der Waals surface area contributed by atoms with Crippen molar-refractivity contribution in [2.75, 3.05) is 40.5 Å². The number of nitrogens with zero attached hydrogens (tertiary/aromatic N) is 3. The molecule has 9 heteroatoms. The molecule has 1 unspecified atom stereocenters. The first-order chi connectivity index (χ1) is 18.8. The average molecular weight is 536 g/mol. The largest absolute Gasteiger partial charge is 0.496 e. The van der Waals surface area contributed by atoms with Crippen LogP contribution < -0.4 is 4.74 Å². The molecule has 0 spiro atoms. The number of carbonyl (C=O) groups is 3. The van der Waals surface area contributed by atoms with Gasteiger partial charge in [0.25, 0.3) is 0 Å². The molecule has 1 aromatic heterocycles. The summed E-state index contributed by atoms with van der Waals surface area (Å²) in [7, 11) is 3.01. The van der Waals surface area contributed by atoms with Crippen LogP contribution in [0.25, 0.3) is 10.9 Å². The van der Waals surface area contributed by atoms with Crippen molar-refractivity contribution in [1.82, 2.24) is 14.4 Å². The molecule has 1 aliphatic heterocycles. The molecule has 0 N–H and O–H groups in total. The number of aryl methyl sites for hydroxylation is 1. The molecule has 208 valence electrons. The Bertz CT molecular complexity index is 1350. The zero-order valence-electron chi connectivity index (χ0n) is 23.4. The SMILES string of the molecule is CCCCOC(=O)n1ccc2c(CN3CCN(C(C)=O)CC3c3ccc(C(=O)OC)cc3)c(OC)cc(C)c21. The maximum absolute atomic E-state index is 12.9. The minimum Gasteiger partial charge on any atom is -0.496 e. The maximum Gasteiger partial charge on any atom is 0.418 e. The van der Waals surface area contributed by atoms with Crippen LogP contribution in [0.3, 0.4) is 0 Å². The van der Waals surface area contributed by atoms with E-state index in [1.54, 1.807) is 36.9 Å². The van der Waals surface area contributed by atoms with Crippen LogP contribution in [0.5, 0.6) is 5.75 Å². The van der Waals surface area contributed by atoms with Gasteiger partial charge in [0, 0.05) is 50.2 Å². The van der Waals surface area contributed by atoms with Gasteiger partial charge in [-0.3, -0.25) is 14.3 Å². The first-order valence-electron chi connectivity index (χ1n) is 13.3. The normalized spacial score (nSPS) is 15.8. The summed E-state index contributed by atoms with van der Waals surface area (Å²) in [6, 6.07) is 11.1. The number of carbonyl (C=O) groups excluding carboxylic acids is 3. The number of ether oxygens (including phenoxy) is 3. The molecule has 0 bridgehead atoms. The number of piperazine rings is 1. The minimum atomic E-state index is -0.392. The van der Waals surface area contributed by atoms with E-state index < -0.39 is 12.1 Å². The van der Waals surface area contributed by atoms with Gasteiger partial charge in [0.2, 0.25) is 5.91 Å². The summed E-state index contributed by atoms with van der Waals surface area (Å²) in [6.45, 7) is 8.31. The van der Waals surface area contributed by atoms with Crippen LogP contribution in [0.4, 0.5) is 4.79 Å². The Hall–Kier alpha value is -3.85. The molecule has 1 amide bonds. The van der Waals surface area contributed by atoms with Crippen molar-refractivity contribution < 1.29 is 28.6 Å². The van der Waals surface area contributed by atoms with Crippen molar-refractivity contribution in [2.45, 2.75) is 46.2 Å². The van der Waals surface area contributed by atoms with E-state index in [2.05, 4.69) is 11.8 Å². The fraction of sp³-hybridized carbons (Fsp3) is 0.433. The highest BCUT2D eigenvalue weighted by atomic mass is 16.5. The van der Waals surface area contributed by atoms with Crippen LogP contribution in [0.1, 0.15) is 59.8 Å². The second kappa shape index (κ2) is 12.3. The monoisotopic (exact) mass is 535 g/mol. The maximum atomic E-state index is 12.9. The van der Waals surface area contributed by atoms with Gasteiger partial charge in [0.15, 0.2) is 0 Å². The van der Waals surface area contributed by atoms with E-state index in [1.807, 2.05) is 36.1 Å². The van der Waals surface area contributed by atoms with E-state index in [-0.39, 0.29) is 11.9 Å². The van der Waals surface area contributed by atoms with Gasteiger partial charge in [-0.2, -0.15) is 0 Å². The Labute approximate surface area is 229 Å². The van der Waals surface area contributed by atoms with Crippen LogP contribution >= 0.6 is 0 Å². The van der Waals surface area contributed by atoms with Crippen LogP contribution in [0.2, 0.25) is 0 Å². The van der Waals surface area contributed by atoms with Crippen molar-refractivity contribution in [3.05, 3.63) is 64.8 Å². The van der Waals surface area contributed by atoms with Gasteiger partial charge >= 0.3 is 12.1 Å². The number of esters is 1. The van der Waals surface area contributed by atoms with Crippen molar-refractivity contribution in [3.8, 4) is 5.75 Å². The third-order valence-electron chi connectivity index (χ3n) is 7.38. The molecule has 1 fully saturated rings. The summed E-state index contributed by atoms with van der Waals surface area (Å²) in [4.78, 5) is 41.3. The van der Waals surface area contributed by atoms with E-state index in [1.165, 1.54) is 7.11 Å². The lowest BCUT2D eigenvalue weighted by Gasteiger charge is -2.41. The molecule has 0 saturated carbocycles. The molecule has 39 heavy (non-hydrogen) atoms. The summed E-state index contributed by atoms with van der Waals surface area (Å²) >= 11 is 0. The zero-order chi connectivity index (χ0) is 28.1. The Kier molecular flexibility index (Phi) is 8.91. The fourth-order valence-electron chi connectivity index (χ4n) is 5.21. The summed E-state index contributed by atoms with van der Waals surface area (Å²) in [6.07, 6.45) is 3.13. The molecular formula is C30H37N3O6. The van der Waals surface area contributed by atoms with Crippen LogP contribution in [-0.2, 0) is 20.8 Å². The van der Waals surface area contributed by atoms with E-state index in [0.29, 0.717) is 38.3 Å². The molecule has 1 aliphatic rings. The highest BCUT2D eigenvalue weighted by Gasteiger charge is 2.31. The van der Waals surface area contributed by atoms with Gasteiger partial charge in [-0.05, 0) is 48.7 Å². The standard InChI is InChI=1S/C30H37N3O6/c1-6-7-16-39-30(36)33-13-12-24-25(27(37-4)17-20(2)28(24)33)18-32-15-14-31(21(3)34)19-26(32)22-8-10-23(11-9-22)29(35)38-5/h8-13,17,26H,6-7,14-16,18-19H2,1-5H3. The smallest absolute Gasteiger partial charge is 0.418 e. The zero-order valence-corrected chi connectivity index (χ0v) is 23.4. The van der Waals surface area contributed by atoms with Gasteiger partial charge in [-0.25, -0.2) is 9.59 Å². The van der Waals surface area contributed by atoms with Gasteiger partial charge in [-0.15, -0.1) is 0 Å². The molecule has 0 radical (unpaired) electrons. The highest BCUT2D eigenvalue weighted by Crippen LogP contribution is 2.36. The molecular weight excluding hydrogens is 498 g/mol. The lowest BCUT2D eigenvalue weighted by molar-refractivity contribution is -0.132. The number of benzene rings is 2. The number of aromatic nitrogens is 1. The first-order valence-corrected chi connectivity index (χ1v) is 13.3. The average Bonchev–Trinajstić information content (AvgIpc) is 3.40. The number of hydrogen-bond acceptors (Lipinski definition) is 7. The van der Waals surface area contributed by atoms with Crippen LogP contribution in [0, 0.1) is 6.92 Å². The lowest BCUT2D eigenvalue weighted by Crippen LogP contribution is -2.49. The summed E-state index contributed by atoms with van der Waals surface area (Å²) in [5, 5.41) is 0.924. The van der Waals surface area contributed by atoms with Crippen molar-refractivity contribution in [2.24, 2.45) is 0 Å². The van der Waals surface area contributed by atoms with E-state index in [4.69, 9.17) is 14.2 Å². The Morgan fingerprint density at radius 1 is 1.05 bits per heavy atom. The van der Waals surface area contributed by atoms with Crippen LogP contribution in [0.15, 0.2) is 42.6 Å². The van der Waals surface area contributed by atoms with E-state index >= 15 is 0 Å². The Balaban J connectivity index is 1.71. The fourth-order valence-corrected chi connectivity index (χ4v) is 5.21. The molecule has 2 aromatic carbocycles. The van der Waals surface area contributed by atoms with Crippen LogP contribution in [-0.4, -0.2) is 72.8 Å². The minimum absolute atomic E-state index is 0.0276. The van der Waals surface area contributed by atoms with Gasteiger partial charge < -0.3 is 19.1 Å². The molecule has 0 aliphatic carbocycles. The number of fused-ring (bicyclic) bond motifs is 1. The number of amides is 1. The molecule has 2 heterocycles. The lowest BCUT2D eigenvalue weighted by atomic mass is 9.98. The number of methoxy groups -OCH3 is 2. The predicted octanol–water partition coefficient (Wildman–Crippen LogP) is 4.94. The third-order valence-corrected chi connectivity index (χ3v) is 7.38. The summed E-state index contributed by atoms with van der Waals surface area (Å²) < 4.78 is 17.7. The van der Waals surface area contributed by atoms with E-state index in [0.717, 1.165) is 46.2 Å². The molecule has 3 aromatic rings. The Morgan fingerprint density at radius 3 is 2.44 bits per heavy atom. The van der Waals surface area contributed by atoms with Crippen molar-refractivity contribution in [3.63, 3.8) is 0 Å².